The molecule has 0 bridgehead atoms. The minimum atomic E-state index is -0.522. The standard InChI is InChI=1S/C27H26N2O4/c1-15-4-8-19(9-5-15)28-23(30)14-21(25(28)31)18-12-17(3)24-22(13-18)26(32)29(27(24)33)20-10-6-16(2)7-11-20/h4-12,18,21-22,24H,13-14H2,1-3H3/t18-,21-,22-,24-/m1/s1. The van der Waals surface area contributed by atoms with Gasteiger partial charge in [0, 0.05) is 6.42 Å². The first kappa shape index (κ1) is 21.3. The molecule has 2 fully saturated rings. The number of rotatable bonds is 3. The monoisotopic (exact) mass is 442 g/mol. The van der Waals surface area contributed by atoms with E-state index in [4.69, 9.17) is 0 Å². The fourth-order valence-corrected chi connectivity index (χ4v) is 5.46. The fourth-order valence-electron chi connectivity index (χ4n) is 5.46. The van der Waals surface area contributed by atoms with E-state index in [9.17, 15) is 19.2 Å². The van der Waals surface area contributed by atoms with Gasteiger partial charge in [-0.2, -0.15) is 0 Å². The number of nitrogens with zero attached hydrogens (tertiary/aromatic N) is 2. The summed E-state index contributed by atoms with van der Waals surface area (Å²) < 4.78 is 0. The largest absolute Gasteiger partial charge is 0.274 e. The summed E-state index contributed by atoms with van der Waals surface area (Å²) in [5, 5.41) is 0. The van der Waals surface area contributed by atoms with Crippen LogP contribution in [0.15, 0.2) is 60.2 Å². The predicted octanol–water partition coefficient (Wildman–Crippen LogP) is 3.95. The van der Waals surface area contributed by atoms with Gasteiger partial charge in [0.1, 0.15) is 0 Å². The van der Waals surface area contributed by atoms with E-state index < -0.39 is 17.8 Å². The zero-order valence-electron chi connectivity index (χ0n) is 18.9. The summed E-state index contributed by atoms with van der Waals surface area (Å²) in [5.41, 5.74) is 4.05. The van der Waals surface area contributed by atoms with E-state index in [0.29, 0.717) is 17.8 Å². The van der Waals surface area contributed by atoms with E-state index in [0.717, 1.165) is 16.7 Å². The highest BCUT2D eigenvalue weighted by Gasteiger charge is 2.53. The Hall–Kier alpha value is -3.54. The fraction of sp³-hybridized carbons (Fsp3) is 0.333. The number of allylic oxidation sites excluding steroid dienone is 1. The van der Waals surface area contributed by atoms with Crippen LogP contribution in [0.1, 0.15) is 30.9 Å². The first-order chi connectivity index (χ1) is 15.8. The van der Waals surface area contributed by atoms with E-state index in [1.807, 2.05) is 51.1 Å². The van der Waals surface area contributed by atoms with Crippen molar-refractivity contribution >= 4 is 35.0 Å². The zero-order valence-corrected chi connectivity index (χ0v) is 18.9. The van der Waals surface area contributed by atoms with Gasteiger partial charge in [-0.05, 0) is 57.4 Å². The van der Waals surface area contributed by atoms with Gasteiger partial charge in [0.2, 0.25) is 23.6 Å². The lowest BCUT2D eigenvalue weighted by molar-refractivity contribution is -0.125. The molecule has 6 nitrogen and oxygen atoms in total. The molecule has 2 saturated heterocycles. The summed E-state index contributed by atoms with van der Waals surface area (Å²) in [7, 11) is 0. The number of hydrogen-bond donors (Lipinski definition) is 0. The molecule has 2 aromatic rings. The Morgan fingerprint density at radius 3 is 1.76 bits per heavy atom. The molecule has 2 aromatic carbocycles. The van der Waals surface area contributed by atoms with Crippen LogP contribution in [0.2, 0.25) is 0 Å². The second-order valence-corrected chi connectivity index (χ2v) is 9.46. The van der Waals surface area contributed by atoms with E-state index in [2.05, 4.69) is 0 Å². The molecule has 0 N–H and O–H groups in total. The lowest BCUT2D eigenvalue weighted by Gasteiger charge is -2.29. The van der Waals surface area contributed by atoms with Gasteiger partial charge in [-0.25, -0.2) is 4.90 Å². The Bertz CT molecular complexity index is 1200. The zero-order chi connectivity index (χ0) is 23.4. The molecule has 4 atom stereocenters. The normalized spacial score (nSPS) is 27.3. The maximum Gasteiger partial charge on any atom is 0.241 e. The van der Waals surface area contributed by atoms with Crippen LogP contribution in [-0.4, -0.2) is 23.6 Å². The molecule has 2 aliphatic heterocycles. The Kier molecular flexibility index (Phi) is 5.04. The van der Waals surface area contributed by atoms with Crippen LogP contribution in [-0.2, 0) is 19.2 Å². The van der Waals surface area contributed by atoms with Crippen molar-refractivity contribution in [2.24, 2.45) is 23.7 Å². The summed E-state index contributed by atoms with van der Waals surface area (Å²) in [4.78, 5) is 55.1. The molecular formula is C27H26N2O4. The van der Waals surface area contributed by atoms with Crippen molar-refractivity contribution in [1.29, 1.82) is 0 Å². The summed E-state index contributed by atoms with van der Waals surface area (Å²) >= 11 is 0. The minimum Gasteiger partial charge on any atom is -0.274 e. The Balaban J connectivity index is 1.41. The van der Waals surface area contributed by atoms with Crippen LogP contribution in [0.25, 0.3) is 0 Å². The lowest BCUT2D eigenvalue weighted by atomic mass is 9.71. The average molecular weight is 443 g/mol. The quantitative estimate of drug-likeness (QED) is 0.533. The van der Waals surface area contributed by atoms with Crippen molar-refractivity contribution in [2.45, 2.75) is 33.6 Å². The van der Waals surface area contributed by atoms with Gasteiger partial charge < -0.3 is 0 Å². The van der Waals surface area contributed by atoms with Crippen LogP contribution in [0.3, 0.4) is 0 Å². The highest BCUT2D eigenvalue weighted by molar-refractivity contribution is 6.23. The van der Waals surface area contributed by atoms with E-state index in [1.165, 1.54) is 9.80 Å². The minimum absolute atomic E-state index is 0.113. The molecule has 0 aromatic heterocycles. The van der Waals surface area contributed by atoms with E-state index in [-0.39, 0.29) is 36.0 Å². The first-order valence-corrected chi connectivity index (χ1v) is 11.3. The van der Waals surface area contributed by atoms with Crippen molar-refractivity contribution in [3.05, 3.63) is 71.3 Å². The smallest absolute Gasteiger partial charge is 0.241 e. The molecule has 2 heterocycles. The molecule has 33 heavy (non-hydrogen) atoms. The second kappa shape index (κ2) is 7.80. The molecule has 3 aliphatic rings. The third-order valence-corrected chi connectivity index (χ3v) is 7.20. The highest BCUT2D eigenvalue weighted by Crippen LogP contribution is 2.46. The maximum absolute atomic E-state index is 13.3. The number of carbonyl (C=O) groups is 4. The van der Waals surface area contributed by atoms with Gasteiger partial charge >= 0.3 is 0 Å². The molecular weight excluding hydrogens is 416 g/mol. The van der Waals surface area contributed by atoms with Crippen LogP contribution >= 0.6 is 0 Å². The first-order valence-electron chi connectivity index (χ1n) is 11.3. The molecule has 5 rings (SSSR count). The van der Waals surface area contributed by atoms with Crippen molar-refractivity contribution in [1.82, 2.24) is 0 Å². The molecule has 0 spiro atoms. The van der Waals surface area contributed by atoms with Gasteiger partial charge in [0.05, 0.1) is 29.1 Å². The molecule has 4 amide bonds. The number of hydrogen-bond acceptors (Lipinski definition) is 4. The molecule has 0 radical (unpaired) electrons. The lowest BCUT2D eigenvalue weighted by Crippen LogP contribution is -2.35. The number of carbonyl (C=O) groups excluding carboxylic acids is 4. The SMILES string of the molecule is CC1=C[C@@H]([C@H]2CC(=O)N(c3ccc(C)cc3)C2=O)C[C@H]2C(=O)N(c3ccc(C)cc3)C(=O)[C@H]12. The molecule has 168 valence electrons. The van der Waals surface area contributed by atoms with Crippen LogP contribution in [0.5, 0.6) is 0 Å². The van der Waals surface area contributed by atoms with E-state index >= 15 is 0 Å². The number of fused-ring (bicyclic) bond motifs is 1. The third-order valence-electron chi connectivity index (χ3n) is 7.20. The number of imide groups is 2. The molecule has 6 heteroatoms. The number of benzene rings is 2. The maximum atomic E-state index is 13.3. The molecule has 1 aliphatic carbocycles. The molecule has 0 saturated carbocycles. The van der Waals surface area contributed by atoms with Gasteiger partial charge in [-0.3, -0.25) is 24.1 Å². The van der Waals surface area contributed by atoms with Gasteiger partial charge in [0.15, 0.2) is 0 Å². The van der Waals surface area contributed by atoms with Crippen molar-refractivity contribution in [3.63, 3.8) is 0 Å². The summed E-state index contributed by atoms with van der Waals surface area (Å²) in [6, 6.07) is 14.7. The van der Waals surface area contributed by atoms with Crippen molar-refractivity contribution < 1.29 is 19.2 Å². The number of anilines is 2. The highest BCUT2D eigenvalue weighted by atomic mass is 16.2. The number of amides is 4. The Morgan fingerprint density at radius 2 is 1.18 bits per heavy atom. The predicted molar refractivity (Wildman–Crippen MR) is 124 cm³/mol. The summed E-state index contributed by atoms with van der Waals surface area (Å²) in [6.07, 6.45) is 2.45. The van der Waals surface area contributed by atoms with Crippen LogP contribution < -0.4 is 9.80 Å². The second-order valence-electron chi connectivity index (χ2n) is 9.46. The Morgan fingerprint density at radius 1 is 0.667 bits per heavy atom. The van der Waals surface area contributed by atoms with Crippen LogP contribution in [0, 0.1) is 37.5 Å². The number of aryl methyl sites for hydroxylation is 2. The Labute approximate surface area is 192 Å². The van der Waals surface area contributed by atoms with Gasteiger partial charge in [-0.1, -0.05) is 47.0 Å². The molecule has 0 unspecified atom stereocenters. The van der Waals surface area contributed by atoms with Gasteiger partial charge in [0.25, 0.3) is 0 Å². The average Bonchev–Trinajstić information content (AvgIpc) is 3.22. The summed E-state index contributed by atoms with van der Waals surface area (Å²) in [5.74, 6) is -2.69. The van der Waals surface area contributed by atoms with Crippen LogP contribution in [0.4, 0.5) is 11.4 Å². The van der Waals surface area contributed by atoms with E-state index in [1.54, 1.807) is 24.3 Å². The van der Waals surface area contributed by atoms with Crippen molar-refractivity contribution in [3.8, 4) is 0 Å². The summed E-state index contributed by atoms with van der Waals surface area (Å²) in [6.45, 7) is 5.76. The van der Waals surface area contributed by atoms with Gasteiger partial charge in [-0.15, -0.1) is 0 Å². The third kappa shape index (κ3) is 3.41. The topological polar surface area (TPSA) is 74.8 Å². The van der Waals surface area contributed by atoms with Crippen molar-refractivity contribution in [2.75, 3.05) is 9.80 Å².